The van der Waals surface area contributed by atoms with Crippen LogP contribution >= 0.6 is 0 Å². The second kappa shape index (κ2) is 5.50. The van der Waals surface area contributed by atoms with Crippen molar-refractivity contribution in [1.82, 2.24) is 4.98 Å². The summed E-state index contributed by atoms with van der Waals surface area (Å²) in [5.74, 6) is 0. The number of anilines is 1. The van der Waals surface area contributed by atoms with Gasteiger partial charge in [-0.3, -0.25) is 4.98 Å². The van der Waals surface area contributed by atoms with Crippen molar-refractivity contribution in [2.75, 3.05) is 18.4 Å². The maximum absolute atomic E-state index is 8.98. The van der Waals surface area contributed by atoms with Crippen molar-refractivity contribution in [1.29, 1.82) is 0 Å². The molecule has 0 aliphatic heterocycles. The summed E-state index contributed by atoms with van der Waals surface area (Å²) < 4.78 is 0. The molecule has 4 N–H and O–H groups in total. The summed E-state index contributed by atoms with van der Waals surface area (Å²) in [6, 6.07) is 1.80. The van der Waals surface area contributed by atoms with E-state index in [-0.39, 0.29) is 6.61 Å². The van der Waals surface area contributed by atoms with E-state index in [1.165, 1.54) is 0 Å². The molecule has 1 aromatic rings. The van der Waals surface area contributed by atoms with Crippen LogP contribution in [0.2, 0.25) is 0 Å². The van der Waals surface area contributed by atoms with E-state index in [4.69, 9.17) is 10.8 Å². The topological polar surface area (TPSA) is 71.2 Å². The largest absolute Gasteiger partial charge is 0.392 e. The van der Waals surface area contributed by atoms with Crippen LogP contribution in [0.4, 0.5) is 5.69 Å². The summed E-state index contributed by atoms with van der Waals surface area (Å²) in [6.45, 7) is 1.52. The highest BCUT2D eigenvalue weighted by atomic mass is 16.3. The fourth-order valence-corrected chi connectivity index (χ4v) is 1.05. The molecule has 0 bridgehead atoms. The second-order valence-electron chi connectivity index (χ2n) is 2.76. The number of hydrogen-bond donors (Lipinski definition) is 3. The molecule has 1 heterocycles. The van der Waals surface area contributed by atoms with E-state index in [1.807, 2.05) is 0 Å². The molecule has 1 rings (SSSR count). The normalized spacial score (nSPS) is 10.0. The monoisotopic (exact) mass is 181 g/mol. The van der Waals surface area contributed by atoms with Crippen molar-refractivity contribution in [3.8, 4) is 0 Å². The molecule has 0 aliphatic carbocycles. The molecule has 4 nitrogen and oxygen atoms in total. The Labute approximate surface area is 77.8 Å². The summed E-state index contributed by atoms with van der Waals surface area (Å²) in [7, 11) is 0. The fraction of sp³-hybridized carbons (Fsp3) is 0.444. The first-order valence-corrected chi connectivity index (χ1v) is 4.36. The van der Waals surface area contributed by atoms with Gasteiger partial charge in [0.05, 0.1) is 18.5 Å². The lowest BCUT2D eigenvalue weighted by Crippen LogP contribution is -2.09. The van der Waals surface area contributed by atoms with Crippen molar-refractivity contribution in [3.63, 3.8) is 0 Å². The van der Waals surface area contributed by atoms with E-state index in [0.717, 1.165) is 24.2 Å². The zero-order chi connectivity index (χ0) is 9.52. The third-order valence-electron chi connectivity index (χ3n) is 1.78. The molecule has 0 atom stereocenters. The summed E-state index contributed by atoms with van der Waals surface area (Å²) in [4.78, 5) is 3.97. The molecular weight excluding hydrogens is 166 g/mol. The average Bonchev–Trinajstić information content (AvgIpc) is 2.19. The van der Waals surface area contributed by atoms with Crippen molar-refractivity contribution in [2.24, 2.45) is 5.73 Å². The minimum atomic E-state index is 0.0352. The average molecular weight is 181 g/mol. The van der Waals surface area contributed by atoms with Gasteiger partial charge in [0.15, 0.2) is 0 Å². The van der Waals surface area contributed by atoms with E-state index in [9.17, 15) is 0 Å². The third kappa shape index (κ3) is 3.01. The van der Waals surface area contributed by atoms with Crippen LogP contribution in [-0.2, 0) is 6.61 Å². The Bertz CT molecular complexity index is 252. The molecule has 1 aromatic heterocycles. The Morgan fingerprint density at radius 3 is 3.08 bits per heavy atom. The smallest absolute Gasteiger partial charge is 0.0703 e. The van der Waals surface area contributed by atoms with Gasteiger partial charge < -0.3 is 16.2 Å². The maximum atomic E-state index is 8.98. The molecule has 0 aliphatic rings. The van der Waals surface area contributed by atoms with Crippen LogP contribution in [-0.4, -0.2) is 23.2 Å². The van der Waals surface area contributed by atoms with Crippen molar-refractivity contribution in [2.45, 2.75) is 13.0 Å². The van der Waals surface area contributed by atoms with Gasteiger partial charge in [0, 0.05) is 18.3 Å². The van der Waals surface area contributed by atoms with Gasteiger partial charge in [0.1, 0.15) is 0 Å². The summed E-state index contributed by atoms with van der Waals surface area (Å²) in [5, 5.41) is 12.1. The molecular formula is C9H15N3O. The molecule has 13 heavy (non-hydrogen) atoms. The molecule has 0 radical (unpaired) electrons. The lowest BCUT2D eigenvalue weighted by atomic mass is 10.2. The number of nitrogens with one attached hydrogen (secondary N) is 1. The van der Waals surface area contributed by atoms with Gasteiger partial charge in [-0.15, -0.1) is 0 Å². The lowest BCUT2D eigenvalue weighted by Gasteiger charge is -2.08. The zero-order valence-electron chi connectivity index (χ0n) is 7.53. The Balaban J connectivity index is 2.54. The van der Waals surface area contributed by atoms with Crippen LogP contribution in [0, 0.1) is 0 Å². The molecule has 0 spiro atoms. The second-order valence-corrected chi connectivity index (χ2v) is 2.76. The molecule has 4 heteroatoms. The molecule has 72 valence electrons. The van der Waals surface area contributed by atoms with Crippen molar-refractivity contribution in [3.05, 3.63) is 24.0 Å². The van der Waals surface area contributed by atoms with Gasteiger partial charge in [-0.1, -0.05) is 0 Å². The van der Waals surface area contributed by atoms with Crippen molar-refractivity contribution >= 4 is 5.69 Å². The standard InChI is InChI=1S/C9H15N3O/c10-3-1-4-12-9-6-11-5-2-8(9)7-13/h2,5-6,12-13H,1,3-4,7,10H2. The number of aliphatic hydroxyl groups is 1. The summed E-state index contributed by atoms with van der Waals surface area (Å²) in [6.07, 6.45) is 4.29. The van der Waals surface area contributed by atoms with Crippen molar-refractivity contribution < 1.29 is 5.11 Å². The number of hydrogen-bond acceptors (Lipinski definition) is 4. The van der Waals surface area contributed by atoms with Gasteiger partial charge in [-0.2, -0.15) is 0 Å². The highest BCUT2D eigenvalue weighted by Crippen LogP contribution is 2.12. The van der Waals surface area contributed by atoms with Crippen LogP contribution in [0.15, 0.2) is 18.5 Å². The fourth-order valence-electron chi connectivity index (χ4n) is 1.05. The van der Waals surface area contributed by atoms with Crippen LogP contribution in [0.3, 0.4) is 0 Å². The minimum Gasteiger partial charge on any atom is -0.392 e. The third-order valence-corrected chi connectivity index (χ3v) is 1.78. The van der Waals surface area contributed by atoms with Gasteiger partial charge >= 0.3 is 0 Å². The Kier molecular flexibility index (Phi) is 4.21. The molecule has 0 saturated carbocycles. The Hall–Kier alpha value is -1.13. The van der Waals surface area contributed by atoms with E-state index < -0.39 is 0 Å². The number of nitrogens with two attached hydrogens (primary N) is 1. The first kappa shape index (κ1) is 9.95. The minimum absolute atomic E-state index is 0.0352. The van der Waals surface area contributed by atoms with E-state index in [1.54, 1.807) is 18.5 Å². The molecule has 0 fully saturated rings. The predicted octanol–water partition coefficient (Wildman–Crippen LogP) is 0.335. The summed E-state index contributed by atoms with van der Waals surface area (Å²) in [5.41, 5.74) is 7.11. The van der Waals surface area contributed by atoms with E-state index in [0.29, 0.717) is 6.54 Å². The SMILES string of the molecule is NCCCNc1cnccc1CO. The van der Waals surface area contributed by atoms with Crippen LogP contribution in [0.25, 0.3) is 0 Å². The van der Waals surface area contributed by atoms with Crippen LogP contribution in [0.1, 0.15) is 12.0 Å². The number of pyridine rings is 1. The zero-order valence-corrected chi connectivity index (χ0v) is 7.53. The van der Waals surface area contributed by atoms with Gasteiger partial charge in [0.2, 0.25) is 0 Å². The van der Waals surface area contributed by atoms with Gasteiger partial charge in [-0.05, 0) is 19.0 Å². The first-order chi connectivity index (χ1) is 6.38. The molecule has 0 unspecified atom stereocenters. The predicted molar refractivity (Wildman–Crippen MR) is 52.3 cm³/mol. The van der Waals surface area contributed by atoms with E-state index >= 15 is 0 Å². The Morgan fingerprint density at radius 2 is 2.38 bits per heavy atom. The number of aromatic nitrogens is 1. The molecule has 0 amide bonds. The Morgan fingerprint density at radius 1 is 1.54 bits per heavy atom. The van der Waals surface area contributed by atoms with Crippen LogP contribution in [0.5, 0.6) is 0 Å². The van der Waals surface area contributed by atoms with Gasteiger partial charge in [-0.25, -0.2) is 0 Å². The maximum Gasteiger partial charge on any atom is 0.0703 e. The molecule has 0 aromatic carbocycles. The number of aliphatic hydroxyl groups excluding tert-OH is 1. The van der Waals surface area contributed by atoms with E-state index in [2.05, 4.69) is 10.3 Å². The number of rotatable bonds is 5. The first-order valence-electron chi connectivity index (χ1n) is 4.36. The number of nitrogens with zero attached hydrogens (tertiary/aromatic N) is 1. The lowest BCUT2D eigenvalue weighted by molar-refractivity contribution is 0.282. The highest BCUT2D eigenvalue weighted by molar-refractivity contribution is 5.48. The van der Waals surface area contributed by atoms with Crippen LogP contribution < -0.4 is 11.1 Å². The quantitative estimate of drug-likeness (QED) is 0.573. The molecule has 0 saturated heterocycles. The van der Waals surface area contributed by atoms with Gasteiger partial charge in [0.25, 0.3) is 0 Å². The highest BCUT2D eigenvalue weighted by Gasteiger charge is 1.98. The summed E-state index contributed by atoms with van der Waals surface area (Å²) >= 11 is 0.